The number of halogens is 2. The molecule has 1 amide bonds. The molecule has 3 N–H and O–H groups in total. The van der Waals surface area contributed by atoms with E-state index in [1.54, 1.807) is 24.3 Å². The van der Waals surface area contributed by atoms with Crippen molar-refractivity contribution in [3.8, 4) is 0 Å². The highest BCUT2D eigenvalue weighted by Crippen LogP contribution is 2.38. The van der Waals surface area contributed by atoms with Gasteiger partial charge in [0.25, 0.3) is 0 Å². The van der Waals surface area contributed by atoms with Gasteiger partial charge in [-0.1, -0.05) is 0 Å². The molecular formula is C13H16F2N2O. The number of carbonyl (C=O) groups excluding carboxylic acids is 1. The molecule has 0 bridgehead atoms. The lowest BCUT2D eigenvalue weighted by Crippen LogP contribution is -2.15. The van der Waals surface area contributed by atoms with Gasteiger partial charge in [0.1, 0.15) is 0 Å². The van der Waals surface area contributed by atoms with Crippen molar-refractivity contribution in [3.63, 3.8) is 0 Å². The van der Waals surface area contributed by atoms with E-state index in [-0.39, 0.29) is 18.8 Å². The first-order chi connectivity index (χ1) is 8.46. The molecule has 0 aromatic heterocycles. The third-order valence-corrected chi connectivity index (χ3v) is 3.27. The summed E-state index contributed by atoms with van der Waals surface area (Å²) in [5.41, 5.74) is 6.38. The van der Waals surface area contributed by atoms with Gasteiger partial charge in [-0.05, 0) is 36.6 Å². The van der Waals surface area contributed by atoms with E-state index in [4.69, 9.17) is 5.73 Å². The molecule has 18 heavy (non-hydrogen) atoms. The lowest BCUT2D eigenvalue weighted by Gasteiger charge is -2.12. The Hall–Kier alpha value is -1.65. The minimum atomic E-state index is -2.50. The summed E-state index contributed by atoms with van der Waals surface area (Å²) in [6.45, 7) is 0.533. The quantitative estimate of drug-likeness (QED) is 0.867. The Kier molecular flexibility index (Phi) is 3.50. The normalized spacial score (nSPS) is 21.8. The van der Waals surface area contributed by atoms with Gasteiger partial charge >= 0.3 is 0 Å². The van der Waals surface area contributed by atoms with Gasteiger partial charge in [0.05, 0.1) is 0 Å². The number of anilines is 1. The topological polar surface area (TPSA) is 55.1 Å². The van der Waals surface area contributed by atoms with Gasteiger partial charge in [-0.2, -0.15) is 0 Å². The second-order valence-corrected chi connectivity index (χ2v) is 4.79. The number of hydrogen-bond donors (Lipinski definition) is 2. The molecule has 0 saturated heterocycles. The van der Waals surface area contributed by atoms with Crippen LogP contribution in [-0.2, 0) is 0 Å². The first kappa shape index (κ1) is 12.8. The molecule has 1 aliphatic rings. The molecule has 1 aromatic rings. The summed E-state index contributed by atoms with van der Waals surface area (Å²) in [7, 11) is 0. The molecule has 1 saturated carbocycles. The molecule has 0 aliphatic heterocycles. The van der Waals surface area contributed by atoms with E-state index >= 15 is 0 Å². The molecule has 98 valence electrons. The van der Waals surface area contributed by atoms with Crippen molar-refractivity contribution in [3.05, 3.63) is 29.8 Å². The summed E-state index contributed by atoms with van der Waals surface area (Å²) in [6.07, 6.45) is 0.499. The standard InChI is InChI=1S/C13H16F2N2O/c14-13(15)6-5-9(7-13)8-17-11-3-1-10(2-4-11)12(16)18/h1-4,9,17H,5-8H2,(H2,16,18). The molecule has 5 heteroatoms. The smallest absolute Gasteiger partial charge is 0.248 e. The van der Waals surface area contributed by atoms with Crippen LogP contribution >= 0.6 is 0 Å². The van der Waals surface area contributed by atoms with E-state index in [1.807, 2.05) is 0 Å². The second-order valence-electron chi connectivity index (χ2n) is 4.79. The lowest BCUT2D eigenvalue weighted by molar-refractivity contribution is 0.00556. The summed E-state index contributed by atoms with van der Waals surface area (Å²) in [6, 6.07) is 6.70. The number of rotatable bonds is 4. The molecule has 1 atom stereocenters. The summed E-state index contributed by atoms with van der Waals surface area (Å²) >= 11 is 0. The molecule has 1 fully saturated rings. The number of amides is 1. The highest BCUT2D eigenvalue weighted by Gasteiger charge is 2.38. The van der Waals surface area contributed by atoms with E-state index in [2.05, 4.69) is 5.32 Å². The Morgan fingerprint density at radius 3 is 2.56 bits per heavy atom. The van der Waals surface area contributed by atoms with Crippen LogP contribution in [0.4, 0.5) is 14.5 Å². The van der Waals surface area contributed by atoms with E-state index in [1.165, 1.54) is 0 Å². The van der Waals surface area contributed by atoms with Crippen LogP contribution in [0.2, 0.25) is 0 Å². The van der Waals surface area contributed by atoms with Crippen molar-refractivity contribution < 1.29 is 13.6 Å². The molecule has 1 aliphatic carbocycles. The first-order valence-corrected chi connectivity index (χ1v) is 5.98. The van der Waals surface area contributed by atoms with Gasteiger partial charge < -0.3 is 11.1 Å². The molecule has 2 rings (SSSR count). The average molecular weight is 254 g/mol. The third kappa shape index (κ3) is 3.18. The maximum atomic E-state index is 13.0. The largest absolute Gasteiger partial charge is 0.385 e. The summed E-state index contributed by atoms with van der Waals surface area (Å²) in [5.74, 6) is -2.96. The highest BCUT2D eigenvalue weighted by atomic mass is 19.3. The van der Waals surface area contributed by atoms with Crippen LogP contribution < -0.4 is 11.1 Å². The summed E-state index contributed by atoms with van der Waals surface area (Å²) in [5, 5.41) is 3.11. The van der Waals surface area contributed by atoms with Crippen LogP contribution in [0.5, 0.6) is 0 Å². The molecule has 0 spiro atoms. The maximum absolute atomic E-state index is 13.0. The van der Waals surface area contributed by atoms with Gasteiger partial charge in [-0.25, -0.2) is 8.78 Å². The number of nitrogens with two attached hydrogens (primary N) is 1. The van der Waals surface area contributed by atoms with Gasteiger partial charge in [-0.3, -0.25) is 4.79 Å². The van der Waals surface area contributed by atoms with Gasteiger partial charge in [0, 0.05) is 30.6 Å². The predicted octanol–water partition coefficient (Wildman–Crippen LogP) is 2.63. The Morgan fingerprint density at radius 1 is 1.39 bits per heavy atom. The number of hydrogen-bond acceptors (Lipinski definition) is 2. The minimum absolute atomic E-state index is 0.0100. The monoisotopic (exact) mass is 254 g/mol. The number of alkyl halides is 2. The molecule has 1 unspecified atom stereocenters. The third-order valence-electron chi connectivity index (χ3n) is 3.27. The minimum Gasteiger partial charge on any atom is -0.385 e. The Bertz CT molecular complexity index is 431. The first-order valence-electron chi connectivity index (χ1n) is 5.98. The van der Waals surface area contributed by atoms with Gasteiger partial charge in [0.15, 0.2) is 0 Å². The van der Waals surface area contributed by atoms with Crippen molar-refractivity contribution >= 4 is 11.6 Å². The number of nitrogens with one attached hydrogen (secondary N) is 1. The Morgan fingerprint density at radius 2 is 2.06 bits per heavy atom. The van der Waals surface area contributed by atoms with Crippen LogP contribution in [-0.4, -0.2) is 18.4 Å². The van der Waals surface area contributed by atoms with Gasteiger partial charge in [-0.15, -0.1) is 0 Å². The number of benzene rings is 1. The number of carbonyl (C=O) groups is 1. The predicted molar refractivity (Wildman–Crippen MR) is 65.7 cm³/mol. The van der Waals surface area contributed by atoms with Crippen LogP contribution in [0.3, 0.4) is 0 Å². The van der Waals surface area contributed by atoms with Gasteiger partial charge in [0.2, 0.25) is 11.8 Å². The van der Waals surface area contributed by atoms with Crippen LogP contribution in [0.15, 0.2) is 24.3 Å². The fourth-order valence-corrected chi connectivity index (χ4v) is 2.23. The Balaban J connectivity index is 1.85. The second kappa shape index (κ2) is 4.92. The molecule has 0 heterocycles. The zero-order valence-corrected chi connectivity index (χ0v) is 9.96. The highest BCUT2D eigenvalue weighted by molar-refractivity contribution is 5.93. The SMILES string of the molecule is NC(=O)c1ccc(NCC2CCC(F)(F)C2)cc1. The zero-order chi connectivity index (χ0) is 13.2. The average Bonchev–Trinajstić information content (AvgIpc) is 2.67. The van der Waals surface area contributed by atoms with Crippen LogP contribution in [0.25, 0.3) is 0 Å². The molecule has 0 radical (unpaired) electrons. The van der Waals surface area contributed by atoms with Crippen molar-refractivity contribution in [2.45, 2.75) is 25.2 Å². The van der Waals surface area contributed by atoms with Crippen LogP contribution in [0, 0.1) is 5.92 Å². The summed E-state index contributed by atoms with van der Waals surface area (Å²) < 4.78 is 26.0. The fraction of sp³-hybridized carbons (Fsp3) is 0.462. The Labute approximate surface area is 104 Å². The van der Waals surface area contributed by atoms with Crippen molar-refractivity contribution in [1.29, 1.82) is 0 Å². The fourth-order valence-electron chi connectivity index (χ4n) is 2.23. The molecular weight excluding hydrogens is 238 g/mol. The van der Waals surface area contributed by atoms with Crippen molar-refractivity contribution in [2.24, 2.45) is 11.7 Å². The van der Waals surface area contributed by atoms with E-state index in [0.717, 1.165) is 5.69 Å². The molecule has 1 aromatic carbocycles. The number of primary amides is 1. The zero-order valence-electron chi connectivity index (χ0n) is 9.96. The van der Waals surface area contributed by atoms with Crippen molar-refractivity contribution in [1.82, 2.24) is 0 Å². The summed E-state index contributed by atoms with van der Waals surface area (Å²) in [4.78, 5) is 10.9. The van der Waals surface area contributed by atoms with E-state index in [9.17, 15) is 13.6 Å². The van der Waals surface area contributed by atoms with Crippen molar-refractivity contribution in [2.75, 3.05) is 11.9 Å². The molecule has 3 nitrogen and oxygen atoms in total. The van der Waals surface area contributed by atoms with E-state index < -0.39 is 11.8 Å². The maximum Gasteiger partial charge on any atom is 0.248 e. The van der Waals surface area contributed by atoms with Crippen LogP contribution in [0.1, 0.15) is 29.6 Å². The lowest BCUT2D eigenvalue weighted by atomic mass is 10.1. The van der Waals surface area contributed by atoms with E-state index in [0.29, 0.717) is 18.5 Å².